The lowest BCUT2D eigenvalue weighted by molar-refractivity contribution is 0.112. The first-order valence-electron chi connectivity index (χ1n) is 6.38. The van der Waals surface area contributed by atoms with Crippen LogP contribution in [0.4, 0.5) is 0 Å². The van der Waals surface area contributed by atoms with E-state index >= 15 is 0 Å². The zero-order valence-corrected chi connectivity index (χ0v) is 12.5. The smallest absolute Gasteiger partial charge is 0.154 e. The third-order valence-electron chi connectivity index (χ3n) is 3.28. The molecule has 4 heteroatoms. The van der Waals surface area contributed by atoms with E-state index in [1.165, 1.54) is 0 Å². The maximum atomic E-state index is 11.0. The Kier molecular flexibility index (Phi) is 5.83. The van der Waals surface area contributed by atoms with Crippen molar-refractivity contribution >= 4 is 17.9 Å². The van der Waals surface area contributed by atoms with Gasteiger partial charge in [0.1, 0.15) is 11.5 Å². The summed E-state index contributed by atoms with van der Waals surface area (Å²) < 4.78 is 0. The van der Waals surface area contributed by atoms with Gasteiger partial charge in [0.2, 0.25) is 0 Å². The average molecular weight is 295 g/mol. The third kappa shape index (κ3) is 3.42. The van der Waals surface area contributed by atoms with Crippen molar-refractivity contribution in [1.29, 1.82) is 0 Å². The number of allylic oxidation sites excluding steroid dienone is 3. The summed E-state index contributed by atoms with van der Waals surface area (Å²) in [4.78, 5) is 11.0. The van der Waals surface area contributed by atoms with Crippen LogP contribution in [0.2, 0.25) is 5.02 Å². The Morgan fingerprint density at radius 2 is 2.00 bits per heavy atom. The SMILES string of the molecule is C=CCC/C(C)=C/Cc1c(O)c(Cl)c(C)c(C=O)c1O. The highest BCUT2D eigenvalue weighted by Crippen LogP contribution is 2.40. The predicted octanol–water partition coefficient (Wildman–Crippen LogP) is 4.33. The fourth-order valence-corrected chi connectivity index (χ4v) is 2.14. The molecule has 3 nitrogen and oxygen atoms in total. The van der Waals surface area contributed by atoms with Crippen LogP contribution in [0.5, 0.6) is 11.5 Å². The molecule has 0 saturated heterocycles. The lowest BCUT2D eigenvalue weighted by Gasteiger charge is -2.13. The van der Waals surface area contributed by atoms with Crippen LogP contribution in [0.3, 0.4) is 0 Å². The Balaban J connectivity index is 3.16. The van der Waals surface area contributed by atoms with Gasteiger partial charge in [-0.15, -0.1) is 6.58 Å². The van der Waals surface area contributed by atoms with Crippen LogP contribution in [0.1, 0.15) is 41.3 Å². The van der Waals surface area contributed by atoms with Crippen LogP contribution >= 0.6 is 11.6 Å². The summed E-state index contributed by atoms with van der Waals surface area (Å²) >= 11 is 5.98. The second-order valence-corrected chi connectivity index (χ2v) is 5.11. The van der Waals surface area contributed by atoms with Crippen molar-refractivity contribution in [3.8, 4) is 11.5 Å². The van der Waals surface area contributed by atoms with Gasteiger partial charge in [0, 0.05) is 5.56 Å². The normalized spacial score (nSPS) is 11.4. The molecular formula is C16H19ClO3. The third-order valence-corrected chi connectivity index (χ3v) is 3.75. The zero-order chi connectivity index (χ0) is 15.3. The van der Waals surface area contributed by atoms with E-state index in [0.717, 1.165) is 18.4 Å². The summed E-state index contributed by atoms with van der Waals surface area (Å²) in [5.41, 5.74) is 1.90. The van der Waals surface area contributed by atoms with E-state index in [9.17, 15) is 15.0 Å². The minimum Gasteiger partial charge on any atom is -0.507 e. The molecule has 0 heterocycles. The molecule has 0 aliphatic heterocycles. The summed E-state index contributed by atoms with van der Waals surface area (Å²) in [6.45, 7) is 7.21. The standard InChI is InChI=1S/C16H19ClO3/c1-4-5-6-10(2)7-8-12-15(19)13(9-18)11(3)14(17)16(12)20/h4,7,9,19-20H,1,5-6,8H2,2-3H3/b10-7+. The second kappa shape index (κ2) is 7.15. The van der Waals surface area contributed by atoms with Crippen molar-refractivity contribution in [3.63, 3.8) is 0 Å². The van der Waals surface area contributed by atoms with Crippen molar-refractivity contribution in [2.75, 3.05) is 0 Å². The molecule has 108 valence electrons. The molecule has 1 aromatic rings. The molecule has 0 saturated carbocycles. The van der Waals surface area contributed by atoms with Crippen LogP contribution in [0.15, 0.2) is 24.3 Å². The summed E-state index contributed by atoms with van der Waals surface area (Å²) in [6.07, 6.45) is 6.34. The van der Waals surface area contributed by atoms with Crippen LogP contribution in [-0.4, -0.2) is 16.5 Å². The molecule has 0 amide bonds. The maximum Gasteiger partial charge on any atom is 0.154 e. The number of aromatic hydroxyl groups is 2. The molecule has 1 rings (SSSR count). The highest BCUT2D eigenvalue weighted by molar-refractivity contribution is 6.33. The Morgan fingerprint density at radius 1 is 1.35 bits per heavy atom. The Hall–Kier alpha value is -1.74. The van der Waals surface area contributed by atoms with Gasteiger partial charge in [0.05, 0.1) is 10.6 Å². The van der Waals surface area contributed by atoms with Crippen molar-refractivity contribution in [2.24, 2.45) is 0 Å². The molecule has 0 radical (unpaired) electrons. The first kappa shape index (κ1) is 16.3. The van der Waals surface area contributed by atoms with E-state index in [2.05, 4.69) is 6.58 Å². The number of benzene rings is 1. The molecule has 0 aliphatic carbocycles. The molecule has 0 bridgehead atoms. The second-order valence-electron chi connectivity index (χ2n) is 4.73. The summed E-state index contributed by atoms with van der Waals surface area (Å²) in [5.74, 6) is -0.368. The van der Waals surface area contributed by atoms with E-state index in [1.807, 2.05) is 19.1 Å². The van der Waals surface area contributed by atoms with E-state index in [-0.39, 0.29) is 27.6 Å². The first-order valence-corrected chi connectivity index (χ1v) is 6.76. The molecular weight excluding hydrogens is 276 g/mol. The minimum atomic E-state index is -0.202. The number of rotatable bonds is 6. The van der Waals surface area contributed by atoms with Gasteiger partial charge in [-0.25, -0.2) is 0 Å². The quantitative estimate of drug-likeness (QED) is 0.606. The Labute approximate surface area is 124 Å². The number of carbonyl (C=O) groups excluding carboxylic acids is 1. The van der Waals surface area contributed by atoms with Gasteiger partial charge in [-0.05, 0) is 38.7 Å². The van der Waals surface area contributed by atoms with Crippen molar-refractivity contribution < 1.29 is 15.0 Å². The number of hydrogen-bond donors (Lipinski definition) is 2. The van der Waals surface area contributed by atoms with Gasteiger partial charge >= 0.3 is 0 Å². The number of carbonyl (C=O) groups is 1. The molecule has 2 N–H and O–H groups in total. The van der Waals surface area contributed by atoms with Gasteiger partial charge in [-0.3, -0.25) is 4.79 Å². The van der Waals surface area contributed by atoms with Gasteiger partial charge in [-0.2, -0.15) is 0 Å². The maximum absolute atomic E-state index is 11.0. The Morgan fingerprint density at radius 3 is 2.55 bits per heavy atom. The van der Waals surface area contributed by atoms with Crippen LogP contribution in [-0.2, 0) is 6.42 Å². The molecule has 0 spiro atoms. The minimum absolute atomic E-state index is 0.108. The van der Waals surface area contributed by atoms with E-state index in [0.29, 0.717) is 18.3 Å². The van der Waals surface area contributed by atoms with Gasteiger partial charge in [-0.1, -0.05) is 29.3 Å². The molecule has 0 aliphatic rings. The molecule has 20 heavy (non-hydrogen) atoms. The largest absolute Gasteiger partial charge is 0.507 e. The summed E-state index contributed by atoms with van der Waals surface area (Å²) in [5, 5.41) is 20.2. The van der Waals surface area contributed by atoms with Gasteiger partial charge in [0.15, 0.2) is 6.29 Å². The summed E-state index contributed by atoms with van der Waals surface area (Å²) in [6, 6.07) is 0. The van der Waals surface area contributed by atoms with Crippen LogP contribution in [0.25, 0.3) is 0 Å². The van der Waals surface area contributed by atoms with Gasteiger partial charge < -0.3 is 10.2 Å². The monoisotopic (exact) mass is 294 g/mol. The lowest BCUT2D eigenvalue weighted by Crippen LogP contribution is -1.96. The van der Waals surface area contributed by atoms with E-state index < -0.39 is 0 Å². The number of halogens is 1. The van der Waals surface area contributed by atoms with Crippen molar-refractivity contribution in [1.82, 2.24) is 0 Å². The van der Waals surface area contributed by atoms with Crippen LogP contribution in [0, 0.1) is 6.92 Å². The fraction of sp³-hybridized carbons (Fsp3) is 0.312. The summed E-state index contributed by atoms with van der Waals surface area (Å²) in [7, 11) is 0. The van der Waals surface area contributed by atoms with Gasteiger partial charge in [0.25, 0.3) is 0 Å². The highest BCUT2D eigenvalue weighted by atomic mass is 35.5. The van der Waals surface area contributed by atoms with E-state index in [4.69, 9.17) is 11.6 Å². The number of hydrogen-bond acceptors (Lipinski definition) is 3. The predicted molar refractivity (Wildman–Crippen MR) is 81.8 cm³/mol. The first-order chi connectivity index (χ1) is 9.43. The van der Waals surface area contributed by atoms with Crippen LogP contribution < -0.4 is 0 Å². The lowest BCUT2D eigenvalue weighted by atomic mass is 9.99. The molecule has 0 unspecified atom stereocenters. The van der Waals surface area contributed by atoms with E-state index in [1.54, 1.807) is 6.92 Å². The molecule has 0 aromatic heterocycles. The number of phenolic OH excluding ortho intramolecular Hbond substituents is 2. The average Bonchev–Trinajstić information content (AvgIpc) is 2.43. The van der Waals surface area contributed by atoms with Crippen molar-refractivity contribution in [3.05, 3.63) is 46.0 Å². The molecule has 0 atom stereocenters. The zero-order valence-electron chi connectivity index (χ0n) is 11.7. The fourth-order valence-electron chi connectivity index (χ4n) is 1.93. The molecule has 1 aromatic carbocycles. The highest BCUT2D eigenvalue weighted by Gasteiger charge is 2.19. The van der Waals surface area contributed by atoms with Crippen molar-refractivity contribution in [2.45, 2.75) is 33.1 Å². The topological polar surface area (TPSA) is 57.5 Å². The number of phenols is 2. The Bertz CT molecular complexity index is 560. The molecule has 0 fully saturated rings. The number of aldehydes is 1.